The van der Waals surface area contributed by atoms with Crippen molar-refractivity contribution in [3.8, 4) is 0 Å². The lowest BCUT2D eigenvalue weighted by Crippen LogP contribution is -2.47. The van der Waals surface area contributed by atoms with Crippen molar-refractivity contribution in [2.45, 2.75) is 13.8 Å². The highest BCUT2D eigenvalue weighted by Crippen LogP contribution is 2.25. The topological polar surface area (TPSA) is 45.2 Å². The molecule has 0 spiro atoms. The molecule has 0 amide bonds. The molecule has 0 aliphatic carbocycles. The summed E-state index contributed by atoms with van der Waals surface area (Å²) in [6, 6.07) is 10.5. The third kappa shape index (κ3) is 2.77. The molecule has 3 heterocycles. The molecule has 1 saturated heterocycles. The first-order valence-electron chi connectivity index (χ1n) is 8.36. The molecule has 1 aliphatic rings. The van der Waals surface area contributed by atoms with E-state index in [1.807, 2.05) is 6.07 Å². The first-order valence-corrected chi connectivity index (χ1v) is 8.36. The van der Waals surface area contributed by atoms with E-state index in [0.717, 1.165) is 43.5 Å². The highest BCUT2D eigenvalue weighted by molar-refractivity contribution is 5.82. The van der Waals surface area contributed by atoms with Crippen LogP contribution in [-0.4, -0.2) is 41.1 Å². The summed E-state index contributed by atoms with van der Waals surface area (Å²) in [5, 5.41) is 1.21. The van der Waals surface area contributed by atoms with Gasteiger partial charge in [0.1, 0.15) is 5.82 Å². The van der Waals surface area contributed by atoms with Crippen LogP contribution in [-0.2, 0) is 0 Å². The van der Waals surface area contributed by atoms with Crippen LogP contribution in [0.5, 0.6) is 0 Å². The maximum atomic E-state index is 4.93. The zero-order valence-corrected chi connectivity index (χ0v) is 14.1. The summed E-state index contributed by atoms with van der Waals surface area (Å²) >= 11 is 0. The van der Waals surface area contributed by atoms with E-state index < -0.39 is 0 Å². The van der Waals surface area contributed by atoms with E-state index in [1.54, 1.807) is 12.4 Å². The average molecular weight is 319 g/mol. The number of aryl methyl sites for hydroxylation is 2. The lowest BCUT2D eigenvalue weighted by atomic mass is 10.1. The predicted molar refractivity (Wildman–Crippen MR) is 97.7 cm³/mol. The van der Waals surface area contributed by atoms with Crippen LogP contribution in [0.15, 0.2) is 42.7 Å². The second-order valence-corrected chi connectivity index (χ2v) is 6.35. The minimum Gasteiger partial charge on any atom is -0.353 e. The minimum absolute atomic E-state index is 0.816. The molecule has 0 unspecified atom stereocenters. The number of rotatable bonds is 2. The summed E-state index contributed by atoms with van der Waals surface area (Å²) in [5.41, 5.74) is 3.55. The van der Waals surface area contributed by atoms with Gasteiger partial charge in [-0.3, -0.25) is 0 Å². The number of aromatic nitrogens is 3. The fraction of sp³-hybridized carbons (Fsp3) is 0.316. The van der Waals surface area contributed by atoms with E-state index >= 15 is 0 Å². The van der Waals surface area contributed by atoms with Crippen molar-refractivity contribution in [2.24, 2.45) is 0 Å². The summed E-state index contributed by atoms with van der Waals surface area (Å²) in [5.74, 6) is 1.91. The molecule has 0 bridgehead atoms. The number of piperazine rings is 1. The Balaban J connectivity index is 1.57. The maximum Gasteiger partial charge on any atom is 0.225 e. The number of hydrogen-bond donors (Lipinski definition) is 0. The third-order valence-corrected chi connectivity index (χ3v) is 4.55. The quantitative estimate of drug-likeness (QED) is 0.726. The monoisotopic (exact) mass is 319 g/mol. The molecular weight excluding hydrogens is 298 g/mol. The van der Waals surface area contributed by atoms with Gasteiger partial charge < -0.3 is 9.80 Å². The number of anilines is 2. The normalized spacial score (nSPS) is 15.1. The zero-order valence-electron chi connectivity index (χ0n) is 14.1. The van der Waals surface area contributed by atoms with Gasteiger partial charge in [0.25, 0.3) is 0 Å². The Morgan fingerprint density at radius 3 is 2.33 bits per heavy atom. The molecular formula is C19H21N5. The summed E-state index contributed by atoms with van der Waals surface area (Å²) in [4.78, 5) is 18.2. The van der Waals surface area contributed by atoms with E-state index in [9.17, 15) is 0 Å². The smallest absolute Gasteiger partial charge is 0.225 e. The van der Waals surface area contributed by atoms with Crippen molar-refractivity contribution < 1.29 is 0 Å². The maximum absolute atomic E-state index is 4.93. The average Bonchev–Trinajstić information content (AvgIpc) is 2.62. The number of hydrogen-bond acceptors (Lipinski definition) is 5. The Bertz CT molecular complexity index is 854. The number of fused-ring (bicyclic) bond motifs is 1. The Morgan fingerprint density at radius 2 is 1.58 bits per heavy atom. The molecule has 24 heavy (non-hydrogen) atoms. The molecule has 3 aromatic rings. The van der Waals surface area contributed by atoms with E-state index in [-0.39, 0.29) is 0 Å². The zero-order chi connectivity index (χ0) is 16.5. The van der Waals surface area contributed by atoms with Crippen molar-refractivity contribution in [2.75, 3.05) is 36.0 Å². The van der Waals surface area contributed by atoms with Gasteiger partial charge in [0, 0.05) is 44.0 Å². The van der Waals surface area contributed by atoms with Crippen LogP contribution >= 0.6 is 0 Å². The standard InChI is InChI=1S/C19H21N5/c1-14-4-5-16-13-15(2)18(22-17(16)12-14)23-8-10-24(11-9-23)19-20-6-3-7-21-19/h3-7,12-13H,8-11H2,1-2H3. The second kappa shape index (κ2) is 6.07. The first-order chi connectivity index (χ1) is 11.7. The molecule has 2 aromatic heterocycles. The van der Waals surface area contributed by atoms with Gasteiger partial charge in [-0.25, -0.2) is 15.0 Å². The van der Waals surface area contributed by atoms with Gasteiger partial charge in [-0.1, -0.05) is 12.1 Å². The van der Waals surface area contributed by atoms with Crippen LogP contribution in [0.25, 0.3) is 10.9 Å². The van der Waals surface area contributed by atoms with Crippen LogP contribution in [0.2, 0.25) is 0 Å². The van der Waals surface area contributed by atoms with Crippen molar-refractivity contribution >= 4 is 22.7 Å². The fourth-order valence-electron chi connectivity index (χ4n) is 3.27. The molecule has 1 aliphatic heterocycles. The van der Waals surface area contributed by atoms with Gasteiger partial charge in [0.15, 0.2) is 0 Å². The molecule has 0 atom stereocenters. The highest BCUT2D eigenvalue weighted by atomic mass is 15.3. The van der Waals surface area contributed by atoms with Crippen molar-refractivity contribution in [3.63, 3.8) is 0 Å². The molecule has 1 fully saturated rings. The van der Waals surface area contributed by atoms with E-state index in [1.165, 1.54) is 16.5 Å². The predicted octanol–water partition coefficient (Wildman–Crippen LogP) is 2.97. The van der Waals surface area contributed by atoms with Crippen molar-refractivity contribution in [3.05, 3.63) is 53.9 Å². The summed E-state index contributed by atoms with van der Waals surface area (Å²) in [6.07, 6.45) is 3.60. The van der Waals surface area contributed by atoms with Crippen molar-refractivity contribution in [1.29, 1.82) is 0 Å². The van der Waals surface area contributed by atoms with Crippen LogP contribution < -0.4 is 9.80 Å². The van der Waals surface area contributed by atoms with Crippen LogP contribution in [0.4, 0.5) is 11.8 Å². The van der Waals surface area contributed by atoms with Gasteiger partial charge in [-0.15, -0.1) is 0 Å². The lowest BCUT2D eigenvalue weighted by Gasteiger charge is -2.36. The first kappa shape index (κ1) is 14.9. The molecule has 0 N–H and O–H groups in total. The summed E-state index contributed by atoms with van der Waals surface area (Å²) in [7, 11) is 0. The number of benzene rings is 1. The van der Waals surface area contributed by atoms with Gasteiger partial charge in [-0.05, 0) is 43.2 Å². The third-order valence-electron chi connectivity index (χ3n) is 4.55. The summed E-state index contributed by atoms with van der Waals surface area (Å²) in [6.45, 7) is 7.95. The van der Waals surface area contributed by atoms with Gasteiger partial charge in [0.2, 0.25) is 5.95 Å². The van der Waals surface area contributed by atoms with Gasteiger partial charge in [0.05, 0.1) is 5.52 Å². The van der Waals surface area contributed by atoms with Gasteiger partial charge in [-0.2, -0.15) is 0 Å². The van der Waals surface area contributed by atoms with E-state index in [0.29, 0.717) is 0 Å². The van der Waals surface area contributed by atoms with E-state index in [2.05, 4.69) is 57.9 Å². The Morgan fingerprint density at radius 1 is 0.875 bits per heavy atom. The Kier molecular flexibility index (Phi) is 3.76. The SMILES string of the molecule is Cc1ccc2cc(C)c(N3CCN(c4ncccn4)CC3)nc2c1. The van der Waals surface area contributed by atoms with Crippen LogP contribution in [0.3, 0.4) is 0 Å². The molecule has 0 radical (unpaired) electrons. The van der Waals surface area contributed by atoms with Crippen molar-refractivity contribution in [1.82, 2.24) is 15.0 Å². The number of nitrogens with zero attached hydrogens (tertiary/aromatic N) is 5. The van der Waals surface area contributed by atoms with Gasteiger partial charge >= 0.3 is 0 Å². The molecule has 1 aromatic carbocycles. The van der Waals surface area contributed by atoms with Crippen LogP contribution in [0.1, 0.15) is 11.1 Å². The molecule has 4 rings (SSSR count). The van der Waals surface area contributed by atoms with E-state index in [4.69, 9.17) is 4.98 Å². The van der Waals surface area contributed by atoms with Crippen LogP contribution in [0, 0.1) is 13.8 Å². The largest absolute Gasteiger partial charge is 0.353 e. The molecule has 5 heteroatoms. The Labute approximate surface area is 142 Å². The number of pyridine rings is 1. The fourth-order valence-corrected chi connectivity index (χ4v) is 3.27. The minimum atomic E-state index is 0.816. The highest BCUT2D eigenvalue weighted by Gasteiger charge is 2.21. The lowest BCUT2D eigenvalue weighted by molar-refractivity contribution is 0.634. The molecule has 122 valence electrons. The second-order valence-electron chi connectivity index (χ2n) is 6.35. The molecule has 0 saturated carbocycles. The Hall–Kier alpha value is -2.69. The summed E-state index contributed by atoms with van der Waals surface area (Å²) < 4.78 is 0. The molecule has 5 nitrogen and oxygen atoms in total.